The number of carbonyl (C=O) groups excluding carboxylic acids is 3. The van der Waals surface area contributed by atoms with Gasteiger partial charge in [-0.05, 0) is 60.2 Å². The largest absolute Gasteiger partial charge is 0.484 e. The minimum absolute atomic E-state index is 0.00695. The normalized spacial score (nSPS) is 13.3. The summed E-state index contributed by atoms with van der Waals surface area (Å²) in [7, 11) is 0. The first-order valence-electron chi connectivity index (χ1n) is 9.96. The zero-order chi connectivity index (χ0) is 21.7. The number of carbonyl (C=O) groups is 3. The average molecular weight is 409 g/mol. The molecular weight excluding hydrogens is 382 g/mol. The summed E-state index contributed by atoms with van der Waals surface area (Å²) >= 11 is 0. The first-order valence-corrected chi connectivity index (χ1v) is 9.96. The van der Waals surface area contributed by atoms with Crippen LogP contribution in [0.3, 0.4) is 0 Å². The van der Waals surface area contributed by atoms with Crippen LogP contribution in [0.2, 0.25) is 0 Å². The summed E-state index contributed by atoms with van der Waals surface area (Å²) in [5.74, 6) is -0.239. The smallest absolute Gasteiger partial charge is 0.276 e. The molecule has 3 N–H and O–H groups in total. The Bertz CT molecular complexity index is 911. The van der Waals surface area contributed by atoms with Gasteiger partial charge < -0.3 is 10.1 Å². The maximum Gasteiger partial charge on any atom is 0.276 e. The molecule has 0 unspecified atom stereocenters. The number of hydrogen-bond acceptors (Lipinski definition) is 4. The standard InChI is InChI=1S/C23H27N3O4/c1-23(2,3)17-8-12-19(13-9-17)30-14-20(27)25-26-22(29)16-6-10-18(11-7-16)24-21(28)15-4-5-15/h6-13,15H,4-5,14H2,1-3H3,(H,24,28)(H,25,27)(H,26,29). The Morgan fingerprint density at radius 1 is 0.933 bits per heavy atom. The molecule has 1 aliphatic rings. The van der Waals surface area contributed by atoms with E-state index in [0.29, 0.717) is 17.0 Å². The van der Waals surface area contributed by atoms with E-state index in [1.165, 1.54) is 5.56 Å². The number of nitrogens with one attached hydrogen (secondary N) is 3. The lowest BCUT2D eigenvalue weighted by molar-refractivity contribution is -0.123. The van der Waals surface area contributed by atoms with Crippen molar-refractivity contribution < 1.29 is 19.1 Å². The summed E-state index contributed by atoms with van der Waals surface area (Å²) in [6.45, 7) is 6.14. The molecule has 0 bridgehead atoms. The molecular formula is C23H27N3O4. The van der Waals surface area contributed by atoms with Gasteiger partial charge in [-0.25, -0.2) is 0 Å². The van der Waals surface area contributed by atoms with Gasteiger partial charge in [-0.2, -0.15) is 0 Å². The summed E-state index contributed by atoms with van der Waals surface area (Å²) in [5, 5.41) is 2.81. The highest BCUT2D eigenvalue weighted by Crippen LogP contribution is 2.30. The SMILES string of the molecule is CC(C)(C)c1ccc(OCC(=O)NNC(=O)c2ccc(NC(=O)C3CC3)cc2)cc1. The fourth-order valence-corrected chi connectivity index (χ4v) is 2.73. The van der Waals surface area contributed by atoms with Gasteiger partial charge in [-0.15, -0.1) is 0 Å². The molecule has 158 valence electrons. The molecule has 1 aliphatic carbocycles. The molecule has 0 atom stereocenters. The quantitative estimate of drug-likeness (QED) is 0.639. The fraction of sp³-hybridized carbons (Fsp3) is 0.348. The molecule has 3 rings (SSSR count). The van der Waals surface area contributed by atoms with E-state index in [1.54, 1.807) is 24.3 Å². The van der Waals surface area contributed by atoms with Crippen LogP contribution in [0, 0.1) is 5.92 Å². The van der Waals surface area contributed by atoms with Gasteiger partial charge in [0.05, 0.1) is 0 Å². The second-order valence-electron chi connectivity index (χ2n) is 8.41. The summed E-state index contributed by atoms with van der Waals surface area (Å²) in [5.41, 5.74) is 6.88. The molecule has 7 heteroatoms. The Balaban J connectivity index is 1.41. The molecule has 30 heavy (non-hydrogen) atoms. The lowest BCUT2D eigenvalue weighted by Crippen LogP contribution is -2.43. The average Bonchev–Trinajstić information content (AvgIpc) is 3.56. The molecule has 7 nitrogen and oxygen atoms in total. The molecule has 0 aromatic heterocycles. The first kappa shape index (κ1) is 21.4. The Hall–Kier alpha value is -3.35. The van der Waals surface area contributed by atoms with Crippen LogP contribution in [0.5, 0.6) is 5.75 Å². The Morgan fingerprint density at radius 2 is 1.57 bits per heavy atom. The van der Waals surface area contributed by atoms with E-state index in [9.17, 15) is 14.4 Å². The van der Waals surface area contributed by atoms with Gasteiger partial charge in [0.25, 0.3) is 11.8 Å². The van der Waals surface area contributed by atoms with Gasteiger partial charge in [-0.3, -0.25) is 25.2 Å². The lowest BCUT2D eigenvalue weighted by atomic mass is 9.87. The second kappa shape index (κ2) is 8.98. The van der Waals surface area contributed by atoms with Crippen molar-refractivity contribution in [2.75, 3.05) is 11.9 Å². The van der Waals surface area contributed by atoms with Crippen molar-refractivity contribution in [3.8, 4) is 5.75 Å². The molecule has 0 spiro atoms. The Kier molecular flexibility index (Phi) is 6.40. The van der Waals surface area contributed by atoms with Gasteiger partial charge in [-0.1, -0.05) is 32.9 Å². The minimum Gasteiger partial charge on any atom is -0.484 e. The van der Waals surface area contributed by atoms with Crippen LogP contribution in [0.15, 0.2) is 48.5 Å². The number of ether oxygens (including phenoxy) is 1. The van der Waals surface area contributed by atoms with Crippen molar-refractivity contribution in [3.63, 3.8) is 0 Å². The van der Waals surface area contributed by atoms with Crippen molar-refractivity contribution in [1.29, 1.82) is 0 Å². The summed E-state index contributed by atoms with van der Waals surface area (Å²) < 4.78 is 5.45. The predicted molar refractivity (Wildman–Crippen MR) is 114 cm³/mol. The van der Waals surface area contributed by atoms with Crippen LogP contribution in [-0.4, -0.2) is 24.3 Å². The maximum absolute atomic E-state index is 12.2. The molecule has 0 aliphatic heterocycles. The number of anilines is 1. The van der Waals surface area contributed by atoms with E-state index >= 15 is 0 Å². The van der Waals surface area contributed by atoms with Crippen LogP contribution >= 0.6 is 0 Å². The molecule has 2 aromatic carbocycles. The summed E-state index contributed by atoms with van der Waals surface area (Å²) in [6.07, 6.45) is 1.86. The monoisotopic (exact) mass is 409 g/mol. The van der Waals surface area contributed by atoms with Crippen molar-refractivity contribution >= 4 is 23.4 Å². The van der Waals surface area contributed by atoms with E-state index in [4.69, 9.17) is 4.74 Å². The van der Waals surface area contributed by atoms with Crippen molar-refractivity contribution in [2.45, 2.75) is 39.0 Å². The van der Waals surface area contributed by atoms with Crippen LogP contribution in [0.25, 0.3) is 0 Å². The number of hydrogen-bond donors (Lipinski definition) is 3. The Morgan fingerprint density at radius 3 is 2.13 bits per heavy atom. The van der Waals surface area contributed by atoms with E-state index in [2.05, 4.69) is 36.9 Å². The zero-order valence-electron chi connectivity index (χ0n) is 17.5. The zero-order valence-corrected chi connectivity index (χ0v) is 17.5. The summed E-state index contributed by atoms with van der Waals surface area (Å²) in [4.78, 5) is 35.8. The van der Waals surface area contributed by atoms with E-state index in [-0.39, 0.29) is 23.8 Å². The number of rotatable bonds is 6. The third-order valence-corrected chi connectivity index (χ3v) is 4.77. The fourth-order valence-electron chi connectivity index (χ4n) is 2.73. The van der Waals surface area contributed by atoms with Gasteiger partial charge in [0.2, 0.25) is 5.91 Å². The van der Waals surface area contributed by atoms with Crippen LogP contribution in [0.4, 0.5) is 5.69 Å². The molecule has 1 saturated carbocycles. The van der Waals surface area contributed by atoms with Gasteiger partial charge >= 0.3 is 0 Å². The molecule has 0 heterocycles. The van der Waals surface area contributed by atoms with Gasteiger partial charge in [0.1, 0.15) is 5.75 Å². The molecule has 2 aromatic rings. The first-order chi connectivity index (χ1) is 14.2. The van der Waals surface area contributed by atoms with Crippen LogP contribution < -0.4 is 20.9 Å². The van der Waals surface area contributed by atoms with Gasteiger partial charge in [0, 0.05) is 17.2 Å². The second-order valence-corrected chi connectivity index (χ2v) is 8.41. The summed E-state index contributed by atoms with van der Waals surface area (Å²) in [6, 6.07) is 14.0. The van der Waals surface area contributed by atoms with E-state index < -0.39 is 11.8 Å². The third-order valence-electron chi connectivity index (χ3n) is 4.77. The molecule has 0 saturated heterocycles. The third kappa shape index (κ3) is 6.07. The molecule has 0 radical (unpaired) electrons. The van der Waals surface area contributed by atoms with Crippen molar-refractivity contribution in [2.24, 2.45) is 5.92 Å². The van der Waals surface area contributed by atoms with Crippen molar-refractivity contribution in [3.05, 3.63) is 59.7 Å². The van der Waals surface area contributed by atoms with E-state index in [1.807, 2.05) is 24.3 Å². The van der Waals surface area contributed by atoms with Gasteiger partial charge in [0.15, 0.2) is 6.61 Å². The number of benzene rings is 2. The molecule has 3 amide bonds. The minimum atomic E-state index is -0.475. The number of hydrazine groups is 1. The highest BCUT2D eigenvalue weighted by atomic mass is 16.5. The Labute approximate surface area is 176 Å². The van der Waals surface area contributed by atoms with Crippen LogP contribution in [-0.2, 0) is 15.0 Å². The highest BCUT2D eigenvalue weighted by Gasteiger charge is 2.29. The number of amides is 3. The lowest BCUT2D eigenvalue weighted by Gasteiger charge is -2.19. The van der Waals surface area contributed by atoms with Crippen LogP contribution in [0.1, 0.15) is 49.5 Å². The maximum atomic E-state index is 12.2. The van der Waals surface area contributed by atoms with E-state index in [0.717, 1.165) is 12.8 Å². The predicted octanol–water partition coefficient (Wildman–Crippen LogP) is 3.17. The highest BCUT2D eigenvalue weighted by molar-refractivity contribution is 5.97. The topological polar surface area (TPSA) is 96.5 Å². The van der Waals surface area contributed by atoms with Crippen molar-refractivity contribution in [1.82, 2.24) is 10.9 Å². The molecule has 1 fully saturated rings.